The van der Waals surface area contributed by atoms with E-state index < -0.39 is 46.0 Å². The van der Waals surface area contributed by atoms with Gasteiger partial charge in [0, 0.05) is 37.6 Å². The molecule has 1 amide bonds. The van der Waals surface area contributed by atoms with Crippen LogP contribution in [0.1, 0.15) is 27.0 Å². The summed E-state index contributed by atoms with van der Waals surface area (Å²) in [4.78, 5) is 13.2. The van der Waals surface area contributed by atoms with Crippen LogP contribution in [0.25, 0.3) is 11.1 Å². The fourth-order valence-corrected chi connectivity index (χ4v) is 4.22. The lowest BCUT2D eigenvalue weighted by molar-refractivity contribution is -0.137. The van der Waals surface area contributed by atoms with E-state index in [1.54, 1.807) is 37.6 Å². The molecule has 0 bridgehead atoms. The standard InChI is InChI=1S/C28H25F5N4O3/c1-36-6-7-37(27(36)34)15-17-10-22(21-5-4-18(29)12-24(21)28(31,32)33)25(30)23(11-17)26(38)35-14-16-8-19(39-2)13-20(9-16)40-3/h4-13,34H,14-15H2,1-3H3,(H,35,38). The summed E-state index contributed by atoms with van der Waals surface area (Å²) >= 11 is 0. The molecule has 0 saturated carbocycles. The number of ether oxygens (including phenoxy) is 2. The van der Waals surface area contributed by atoms with Crippen LogP contribution in [0.2, 0.25) is 0 Å². The lowest BCUT2D eigenvalue weighted by Gasteiger charge is -2.17. The van der Waals surface area contributed by atoms with E-state index >= 15 is 4.39 Å². The van der Waals surface area contributed by atoms with Crippen LogP contribution in [0, 0.1) is 17.0 Å². The number of nitrogens with zero attached hydrogens (tertiary/aromatic N) is 2. The third-order valence-corrected chi connectivity index (χ3v) is 6.25. The van der Waals surface area contributed by atoms with Crippen LogP contribution in [0.15, 0.2) is 60.9 Å². The van der Waals surface area contributed by atoms with Crippen molar-refractivity contribution in [2.24, 2.45) is 7.05 Å². The van der Waals surface area contributed by atoms with Gasteiger partial charge < -0.3 is 23.9 Å². The number of hydrogen-bond donors (Lipinski definition) is 2. The fourth-order valence-electron chi connectivity index (χ4n) is 4.22. The first-order valence-corrected chi connectivity index (χ1v) is 11.9. The average Bonchev–Trinajstić information content (AvgIpc) is 3.24. The van der Waals surface area contributed by atoms with Gasteiger partial charge in [-0.15, -0.1) is 0 Å². The van der Waals surface area contributed by atoms with E-state index in [0.29, 0.717) is 17.1 Å². The van der Waals surface area contributed by atoms with Crippen LogP contribution in [0.3, 0.4) is 0 Å². The molecule has 0 aliphatic carbocycles. The van der Waals surface area contributed by atoms with E-state index in [0.717, 1.165) is 12.1 Å². The van der Waals surface area contributed by atoms with Gasteiger partial charge in [0.25, 0.3) is 5.91 Å². The number of alkyl halides is 3. The quantitative estimate of drug-likeness (QED) is 0.289. The number of benzene rings is 3. The van der Waals surface area contributed by atoms with Crippen molar-refractivity contribution >= 4 is 5.91 Å². The Morgan fingerprint density at radius 3 is 2.17 bits per heavy atom. The smallest absolute Gasteiger partial charge is 0.417 e. The zero-order chi connectivity index (χ0) is 29.2. The molecule has 7 nitrogen and oxygen atoms in total. The maximum absolute atomic E-state index is 15.8. The van der Waals surface area contributed by atoms with Gasteiger partial charge in [0.15, 0.2) is 0 Å². The molecule has 1 heterocycles. The Morgan fingerprint density at radius 1 is 0.925 bits per heavy atom. The maximum atomic E-state index is 15.8. The second kappa shape index (κ2) is 11.2. The third kappa shape index (κ3) is 6.00. The molecule has 0 fully saturated rings. The predicted molar refractivity (Wildman–Crippen MR) is 136 cm³/mol. The molecule has 0 radical (unpaired) electrons. The number of halogens is 5. The summed E-state index contributed by atoms with van der Waals surface area (Å²) in [6, 6.07) is 9.19. The Kier molecular flexibility index (Phi) is 7.98. The minimum atomic E-state index is -4.99. The minimum Gasteiger partial charge on any atom is -0.497 e. The first kappa shape index (κ1) is 28.4. The molecule has 12 heteroatoms. The molecular formula is C28H25F5N4O3. The Hall–Kier alpha value is -4.61. The number of carbonyl (C=O) groups excluding carboxylic acids is 1. The number of aryl methyl sites for hydroxylation is 1. The maximum Gasteiger partial charge on any atom is 0.417 e. The number of carbonyl (C=O) groups is 1. The van der Waals surface area contributed by atoms with Crippen LogP contribution in [-0.2, 0) is 26.3 Å². The van der Waals surface area contributed by atoms with Crippen molar-refractivity contribution in [1.82, 2.24) is 14.5 Å². The van der Waals surface area contributed by atoms with Gasteiger partial charge in [-0.25, -0.2) is 8.78 Å². The zero-order valence-electron chi connectivity index (χ0n) is 21.7. The first-order chi connectivity index (χ1) is 18.9. The van der Waals surface area contributed by atoms with Gasteiger partial charge >= 0.3 is 6.18 Å². The molecular weight excluding hydrogens is 535 g/mol. The molecule has 0 unspecified atom stereocenters. The van der Waals surface area contributed by atoms with E-state index in [4.69, 9.17) is 14.9 Å². The van der Waals surface area contributed by atoms with Gasteiger partial charge in [-0.3, -0.25) is 10.2 Å². The molecule has 4 aromatic rings. The summed E-state index contributed by atoms with van der Waals surface area (Å²) in [5.74, 6) is -2.31. The summed E-state index contributed by atoms with van der Waals surface area (Å²) in [5.41, 5.74) is -2.15. The van der Waals surface area contributed by atoms with Crippen LogP contribution in [0.4, 0.5) is 22.0 Å². The SMILES string of the molecule is COc1cc(CNC(=O)c2cc(Cn3ccn(C)c3=N)cc(-c3ccc(F)cc3C(F)(F)F)c2F)cc(OC)c1. The van der Waals surface area contributed by atoms with E-state index in [2.05, 4.69) is 5.32 Å². The predicted octanol–water partition coefficient (Wildman–Crippen LogP) is 5.27. The van der Waals surface area contributed by atoms with E-state index in [-0.39, 0.29) is 30.3 Å². The molecule has 40 heavy (non-hydrogen) atoms. The molecule has 4 rings (SSSR count). The van der Waals surface area contributed by atoms with E-state index in [9.17, 15) is 22.4 Å². The first-order valence-electron chi connectivity index (χ1n) is 11.9. The third-order valence-electron chi connectivity index (χ3n) is 6.25. The molecule has 1 aromatic heterocycles. The van der Waals surface area contributed by atoms with E-state index in [1.165, 1.54) is 35.5 Å². The van der Waals surface area contributed by atoms with Crippen molar-refractivity contribution < 1.29 is 36.2 Å². The Morgan fingerprint density at radius 2 is 1.60 bits per heavy atom. The van der Waals surface area contributed by atoms with Gasteiger partial charge in [-0.05, 0) is 53.1 Å². The zero-order valence-corrected chi connectivity index (χ0v) is 21.7. The molecule has 3 aromatic carbocycles. The topological polar surface area (TPSA) is 81.3 Å². The van der Waals surface area contributed by atoms with Crippen molar-refractivity contribution in [3.8, 4) is 22.6 Å². The Bertz CT molecular complexity index is 1600. The highest BCUT2D eigenvalue weighted by atomic mass is 19.4. The summed E-state index contributed by atoms with van der Waals surface area (Å²) in [7, 11) is 4.55. The Balaban J connectivity index is 1.79. The number of nitrogens with one attached hydrogen (secondary N) is 2. The van der Waals surface area contributed by atoms with Crippen LogP contribution < -0.4 is 20.4 Å². The summed E-state index contributed by atoms with van der Waals surface area (Å²) < 4.78 is 84.5. The Labute approximate surface area is 225 Å². The second-order valence-corrected chi connectivity index (χ2v) is 8.96. The summed E-state index contributed by atoms with van der Waals surface area (Å²) in [6.07, 6.45) is -1.82. The van der Waals surface area contributed by atoms with Gasteiger partial charge in [-0.2, -0.15) is 13.2 Å². The number of methoxy groups -OCH3 is 2. The van der Waals surface area contributed by atoms with Crippen LogP contribution in [0.5, 0.6) is 11.5 Å². The summed E-state index contributed by atoms with van der Waals surface area (Å²) in [5, 5.41) is 10.7. The van der Waals surface area contributed by atoms with Crippen molar-refractivity contribution in [2.75, 3.05) is 14.2 Å². The lowest BCUT2D eigenvalue weighted by atomic mass is 9.94. The second-order valence-electron chi connectivity index (χ2n) is 8.96. The van der Waals surface area contributed by atoms with Crippen LogP contribution >= 0.6 is 0 Å². The molecule has 0 spiro atoms. The van der Waals surface area contributed by atoms with Crippen molar-refractivity contribution in [1.29, 1.82) is 5.41 Å². The molecule has 0 saturated heterocycles. The largest absolute Gasteiger partial charge is 0.497 e. The summed E-state index contributed by atoms with van der Waals surface area (Å²) in [6.45, 7) is -0.108. The van der Waals surface area contributed by atoms with Gasteiger partial charge in [0.2, 0.25) is 5.62 Å². The molecule has 0 aliphatic heterocycles. The average molecular weight is 561 g/mol. The number of imidazole rings is 1. The van der Waals surface area contributed by atoms with Crippen molar-refractivity contribution in [3.05, 3.63) is 100 Å². The van der Waals surface area contributed by atoms with Crippen molar-refractivity contribution in [2.45, 2.75) is 19.3 Å². The number of aromatic nitrogens is 2. The number of hydrogen-bond acceptors (Lipinski definition) is 4. The lowest BCUT2D eigenvalue weighted by Crippen LogP contribution is -2.25. The number of rotatable bonds is 8. The fraction of sp³-hybridized carbons (Fsp3) is 0.214. The highest BCUT2D eigenvalue weighted by molar-refractivity contribution is 5.96. The van der Waals surface area contributed by atoms with Gasteiger partial charge in [0.05, 0.1) is 31.9 Å². The highest BCUT2D eigenvalue weighted by Crippen LogP contribution is 2.39. The van der Waals surface area contributed by atoms with Crippen molar-refractivity contribution in [3.63, 3.8) is 0 Å². The van der Waals surface area contributed by atoms with Gasteiger partial charge in [-0.1, -0.05) is 6.07 Å². The normalized spacial score (nSPS) is 11.4. The molecule has 2 N–H and O–H groups in total. The van der Waals surface area contributed by atoms with Gasteiger partial charge in [0.1, 0.15) is 23.1 Å². The monoisotopic (exact) mass is 560 g/mol. The molecule has 0 atom stereocenters. The number of amides is 1. The van der Waals surface area contributed by atoms with E-state index in [1.807, 2.05) is 0 Å². The highest BCUT2D eigenvalue weighted by Gasteiger charge is 2.35. The van der Waals surface area contributed by atoms with Crippen LogP contribution in [-0.4, -0.2) is 29.3 Å². The minimum absolute atomic E-state index is 0.0388. The molecule has 0 aliphatic rings. The molecule has 210 valence electrons.